The number of amides is 3. The highest BCUT2D eigenvalue weighted by Gasteiger charge is 2.35. The van der Waals surface area contributed by atoms with Crippen molar-refractivity contribution in [1.29, 1.82) is 0 Å². The molecule has 0 unspecified atom stereocenters. The van der Waals surface area contributed by atoms with Gasteiger partial charge in [-0.1, -0.05) is 72.8 Å². The molecular weight excluding hydrogens is 509 g/mol. The van der Waals surface area contributed by atoms with Gasteiger partial charge in [-0.15, -0.1) is 0 Å². The number of nitrogens with zero attached hydrogens (tertiary/aromatic N) is 2. The molecule has 8 heteroatoms. The van der Waals surface area contributed by atoms with Crippen molar-refractivity contribution in [3.05, 3.63) is 75.8 Å². The van der Waals surface area contributed by atoms with E-state index in [1.165, 1.54) is 16.2 Å². The predicted octanol–water partition coefficient (Wildman–Crippen LogP) is 5.97. The first-order chi connectivity index (χ1) is 17.8. The van der Waals surface area contributed by atoms with E-state index in [0.29, 0.717) is 26.9 Å². The van der Waals surface area contributed by atoms with Gasteiger partial charge >= 0.3 is 0 Å². The van der Waals surface area contributed by atoms with Crippen molar-refractivity contribution in [2.24, 2.45) is 0 Å². The van der Waals surface area contributed by atoms with Gasteiger partial charge in [0.05, 0.1) is 5.69 Å². The van der Waals surface area contributed by atoms with Gasteiger partial charge in [0.1, 0.15) is 12.6 Å². The summed E-state index contributed by atoms with van der Waals surface area (Å²) >= 11 is 12.9. The van der Waals surface area contributed by atoms with Gasteiger partial charge in [0, 0.05) is 39.1 Å². The van der Waals surface area contributed by atoms with Gasteiger partial charge < -0.3 is 10.2 Å². The molecule has 6 nitrogen and oxygen atoms in total. The number of hydrogen-bond donors (Lipinski definition) is 1. The van der Waals surface area contributed by atoms with Crippen LogP contribution in [0.1, 0.15) is 54.9 Å². The number of carbonyl (C=O) groups excluding carboxylic acids is 3. The number of nitrogens with one attached hydrogen (secondary N) is 1. The Bertz CT molecular complexity index is 1340. The maximum absolute atomic E-state index is 13.8. The minimum Gasteiger partial charge on any atom is -0.352 e. The topological polar surface area (TPSA) is 69.7 Å². The molecule has 0 radical (unpaired) electrons. The van der Waals surface area contributed by atoms with Crippen molar-refractivity contribution in [2.45, 2.75) is 57.7 Å². The van der Waals surface area contributed by atoms with E-state index in [2.05, 4.69) is 5.32 Å². The molecule has 37 heavy (non-hydrogen) atoms. The second kappa shape index (κ2) is 10.7. The van der Waals surface area contributed by atoms with Gasteiger partial charge in [0.2, 0.25) is 11.8 Å². The van der Waals surface area contributed by atoms with Crippen LogP contribution in [0.2, 0.25) is 10.0 Å². The number of anilines is 1. The standard InChI is InChI=1S/C29H29Cl2N3O3/c1-18(28(36)32-20-10-3-2-4-11-20)33(16-22-23(30)13-7-14-24(22)31)26(35)17-34-25-15-6-9-19-8-5-12-21(27(19)25)29(34)37/h5-9,12-15,18,20H,2-4,10-11,16-17H2,1H3,(H,32,36)/t18-/m0/s1. The average molecular weight is 538 g/mol. The summed E-state index contributed by atoms with van der Waals surface area (Å²) in [5.41, 5.74) is 1.83. The second-order valence-corrected chi connectivity index (χ2v) is 10.6. The van der Waals surface area contributed by atoms with Crippen LogP contribution >= 0.6 is 23.2 Å². The van der Waals surface area contributed by atoms with Crippen LogP contribution in [0.15, 0.2) is 54.6 Å². The molecule has 0 spiro atoms. The lowest BCUT2D eigenvalue weighted by Gasteiger charge is -2.32. The van der Waals surface area contributed by atoms with Crippen LogP contribution < -0.4 is 10.2 Å². The summed E-state index contributed by atoms with van der Waals surface area (Å²) < 4.78 is 0. The third-order valence-electron chi connectivity index (χ3n) is 7.45. The van der Waals surface area contributed by atoms with Crippen LogP contribution in [0.5, 0.6) is 0 Å². The average Bonchev–Trinajstić information content (AvgIpc) is 3.16. The second-order valence-electron chi connectivity index (χ2n) is 9.81. The highest BCUT2D eigenvalue weighted by Crippen LogP contribution is 2.37. The van der Waals surface area contributed by atoms with Crippen molar-refractivity contribution < 1.29 is 14.4 Å². The van der Waals surface area contributed by atoms with Crippen LogP contribution in [0.4, 0.5) is 5.69 Å². The highest BCUT2D eigenvalue weighted by molar-refractivity contribution is 6.36. The lowest BCUT2D eigenvalue weighted by atomic mass is 9.95. The van der Waals surface area contributed by atoms with Crippen LogP contribution in [-0.4, -0.2) is 41.2 Å². The van der Waals surface area contributed by atoms with Crippen molar-refractivity contribution >= 4 is 57.4 Å². The molecule has 1 fully saturated rings. The number of halogens is 2. The zero-order valence-electron chi connectivity index (χ0n) is 20.7. The van der Waals surface area contributed by atoms with Gasteiger partial charge in [-0.05, 0) is 49.4 Å². The van der Waals surface area contributed by atoms with E-state index in [1.54, 1.807) is 31.2 Å². The van der Waals surface area contributed by atoms with Crippen LogP contribution in [0.3, 0.4) is 0 Å². The minimum atomic E-state index is -0.780. The molecule has 1 heterocycles. The largest absolute Gasteiger partial charge is 0.352 e. The monoisotopic (exact) mass is 537 g/mol. The number of hydrogen-bond acceptors (Lipinski definition) is 3. The quantitative estimate of drug-likeness (QED) is 0.403. The van der Waals surface area contributed by atoms with E-state index in [1.807, 2.05) is 30.3 Å². The molecular formula is C29H29Cl2N3O3. The van der Waals surface area contributed by atoms with E-state index >= 15 is 0 Å². The lowest BCUT2D eigenvalue weighted by Crippen LogP contribution is -2.52. The van der Waals surface area contributed by atoms with E-state index in [-0.39, 0.29) is 36.9 Å². The zero-order chi connectivity index (χ0) is 26.1. The van der Waals surface area contributed by atoms with Crippen LogP contribution in [0.25, 0.3) is 10.8 Å². The fraction of sp³-hybridized carbons (Fsp3) is 0.345. The molecule has 3 aromatic rings. The first-order valence-electron chi connectivity index (χ1n) is 12.7. The number of carbonyl (C=O) groups is 3. The molecule has 1 aliphatic carbocycles. The maximum Gasteiger partial charge on any atom is 0.259 e. The van der Waals surface area contributed by atoms with Gasteiger partial charge in [-0.3, -0.25) is 19.3 Å². The Labute approximate surface area is 226 Å². The summed E-state index contributed by atoms with van der Waals surface area (Å²) in [7, 11) is 0. The third-order valence-corrected chi connectivity index (χ3v) is 8.16. The lowest BCUT2D eigenvalue weighted by molar-refractivity contribution is -0.139. The van der Waals surface area contributed by atoms with Gasteiger partial charge in [-0.25, -0.2) is 0 Å². The molecule has 3 amide bonds. The Balaban J connectivity index is 1.42. The summed E-state index contributed by atoms with van der Waals surface area (Å²) in [5, 5.41) is 5.74. The van der Waals surface area contributed by atoms with E-state index in [4.69, 9.17) is 23.2 Å². The van der Waals surface area contributed by atoms with Crippen molar-refractivity contribution in [3.63, 3.8) is 0 Å². The first-order valence-corrected chi connectivity index (χ1v) is 13.5. The van der Waals surface area contributed by atoms with Crippen molar-refractivity contribution in [3.8, 4) is 0 Å². The Morgan fingerprint density at radius 2 is 1.65 bits per heavy atom. The molecule has 1 aliphatic heterocycles. The Hall–Kier alpha value is -3.09. The molecule has 2 aliphatic rings. The smallest absolute Gasteiger partial charge is 0.259 e. The highest BCUT2D eigenvalue weighted by atomic mass is 35.5. The van der Waals surface area contributed by atoms with E-state index in [0.717, 1.165) is 36.5 Å². The summed E-state index contributed by atoms with van der Waals surface area (Å²) in [5.74, 6) is -0.808. The Morgan fingerprint density at radius 1 is 1.00 bits per heavy atom. The summed E-state index contributed by atoms with van der Waals surface area (Å²) in [6.45, 7) is 1.56. The number of benzene rings is 3. The summed E-state index contributed by atoms with van der Waals surface area (Å²) in [6.07, 6.45) is 5.22. The molecule has 192 valence electrons. The molecule has 0 aromatic heterocycles. The normalized spacial score (nSPS) is 16.2. The van der Waals surface area contributed by atoms with Crippen LogP contribution in [0, 0.1) is 0 Å². The zero-order valence-corrected chi connectivity index (χ0v) is 22.2. The Morgan fingerprint density at radius 3 is 2.35 bits per heavy atom. The molecule has 1 saturated carbocycles. The molecule has 1 atom stereocenters. The SMILES string of the molecule is C[C@@H](C(=O)NC1CCCCC1)N(Cc1c(Cl)cccc1Cl)C(=O)CN1C(=O)c2cccc3cccc1c23. The third kappa shape index (κ3) is 5.05. The molecule has 5 rings (SSSR count). The van der Waals surface area contributed by atoms with E-state index in [9.17, 15) is 14.4 Å². The summed E-state index contributed by atoms with van der Waals surface area (Å²) in [6, 6.07) is 15.7. The Kier molecular flexibility index (Phi) is 7.40. The minimum absolute atomic E-state index is 0.0514. The van der Waals surface area contributed by atoms with Gasteiger partial charge in [0.25, 0.3) is 5.91 Å². The summed E-state index contributed by atoms with van der Waals surface area (Å²) in [4.78, 5) is 43.4. The first kappa shape index (κ1) is 25.6. The maximum atomic E-state index is 13.8. The molecule has 1 N–H and O–H groups in total. The molecule has 3 aromatic carbocycles. The fourth-order valence-corrected chi connectivity index (χ4v) is 5.88. The van der Waals surface area contributed by atoms with Gasteiger partial charge in [-0.2, -0.15) is 0 Å². The van der Waals surface area contributed by atoms with Gasteiger partial charge in [0.15, 0.2) is 0 Å². The van der Waals surface area contributed by atoms with Crippen LogP contribution in [-0.2, 0) is 16.1 Å². The number of rotatable bonds is 7. The van der Waals surface area contributed by atoms with E-state index < -0.39 is 6.04 Å². The molecule has 0 saturated heterocycles. The predicted molar refractivity (Wildman–Crippen MR) is 147 cm³/mol. The fourth-order valence-electron chi connectivity index (χ4n) is 5.37. The van der Waals surface area contributed by atoms with Crippen molar-refractivity contribution in [2.75, 3.05) is 11.4 Å². The van der Waals surface area contributed by atoms with Crippen molar-refractivity contribution in [1.82, 2.24) is 10.2 Å². The molecule has 0 bridgehead atoms.